The second kappa shape index (κ2) is 10.7. The van der Waals surface area contributed by atoms with Gasteiger partial charge in [0.25, 0.3) is 11.6 Å². The average Bonchev–Trinajstić information content (AvgIpc) is 3.36. The normalized spacial score (nSPS) is 14.1. The molecule has 0 radical (unpaired) electrons. The zero-order chi connectivity index (χ0) is 28.4. The van der Waals surface area contributed by atoms with Crippen molar-refractivity contribution in [2.24, 2.45) is 0 Å². The first-order chi connectivity index (χ1) is 19.3. The highest BCUT2D eigenvalue weighted by Gasteiger charge is 2.35. The summed E-state index contributed by atoms with van der Waals surface area (Å²) in [5.74, 6) is -0.717. The summed E-state index contributed by atoms with van der Waals surface area (Å²) < 4.78 is 7.27. The van der Waals surface area contributed by atoms with Crippen LogP contribution < -0.4 is 15.4 Å². The number of non-ortho nitro benzene ring substituents is 1. The fourth-order valence-electron chi connectivity index (χ4n) is 4.69. The van der Waals surface area contributed by atoms with Gasteiger partial charge in [0.15, 0.2) is 0 Å². The molecule has 5 rings (SSSR count). The van der Waals surface area contributed by atoms with Gasteiger partial charge in [-0.3, -0.25) is 19.7 Å². The highest BCUT2D eigenvalue weighted by molar-refractivity contribution is 6.16. The van der Waals surface area contributed by atoms with E-state index in [-0.39, 0.29) is 11.4 Å². The second-order valence-corrected chi connectivity index (χ2v) is 9.15. The molecule has 0 saturated carbocycles. The zero-order valence-corrected chi connectivity index (χ0v) is 21.7. The molecule has 40 heavy (non-hydrogen) atoms. The van der Waals surface area contributed by atoms with E-state index in [1.54, 1.807) is 42.5 Å². The molecular formula is C29H25N5O6. The van der Waals surface area contributed by atoms with Gasteiger partial charge in [-0.15, -0.1) is 0 Å². The summed E-state index contributed by atoms with van der Waals surface area (Å²) >= 11 is 0. The van der Waals surface area contributed by atoms with Crippen molar-refractivity contribution in [3.05, 3.63) is 105 Å². The number of nitro benzene ring substituents is 1. The van der Waals surface area contributed by atoms with E-state index in [9.17, 15) is 24.5 Å². The number of benzene rings is 3. The number of carbonyl (C=O) groups excluding carboxylic acids is 3. The minimum Gasteiger partial charge on any atom is -0.495 e. The van der Waals surface area contributed by atoms with Gasteiger partial charge in [0.2, 0.25) is 5.91 Å². The molecule has 0 unspecified atom stereocenters. The standard InChI is InChI=1S/C29H25N5O6/c1-18-22(21-7-3-5-9-25(21)32(18)16-19-11-13-20(14-12-19)34(38)39)15-24-28(36)33(29(37)31-24)17-27(35)30-23-8-4-6-10-26(23)40-2/h3-15H,16-17H2,1-2H3,(H,30,35)(H,31,37)/b24-15+. The molecular weight excluding hydrogens is 514 g/mol. The number of nitrogens with one attached hydrogen (secondary N) is 2. The Bertz CT molecular complexity index is 1690. The van der Waals surface area contributed by atoms with Crippen molar-refractivity contribution >= 4 is 46.2 Å². The first-order valence-electron chi connectivity index (χ1n) is 12.4. The number of imide groups is 1. The topological polar surface area (TPSA) is 136 Å². The van der Waals surface area contributed by atoms with E-state index in [0.29, 0.717) is 18.0 Å². The number of para-hydroxylation sites is 3. The fraction of sp³-hybridized carbons (Fsp3) is 0.138. The first kappa shape index (κ1) is 26.2. The summed E-state index contributed by atoms with van der Waals surface area (Å²) in [6.07, 6.45) is 1.61. The molecule has 3 aromatic carbocycles. The number of methoxy groups -OCH3 is 1. The van der Waals surface area contributed by atoms with Crippen LogP contribution in [0, 0.1) is 17.0 Å². The number of ether oxygens (including phenoxy) is 1. The van der Waals surface area contributed by atoms with E-state index in [4.69, 9.17) is 4.74 Å². The van der Waals surface area contributed by atoms with Crippen LogP contribution in [-0.4, -0.2) is 45.9 Å². The Morgan fingerprint density at radius 1 is 1.05 bits per heavy atom. The molecule has 0 aliphatic carbocycles. The summed E-state index contributed by atoms with van der Waals surface area (Å²) in [7, 11) is 1.48. The van der Waals surface area contributed by atoms with Crippen LogP contribution in [0.5, 0.6) is 5.75 Å². The third-order valence-corrected chi connectivity index (χ3v) is 6.70. The first-order valence-corrected chi connectivity index (χ1v) is 12.4. The molecule has 4 amide bonds. The predicted octanol–water partition coefficient (Wildman–Crippen LogP) is 4.45. The van der Waals surface area contributed by atoms with Gasteiger partial charge in [-0.05, 0) is 36.8 Å². The molecule has 1 fully saturated rings. The highest BCUT2D eigenvalue weighted by atomic mass is 16.6. The Kier molecular flexibility index (Phi) is 7.02. The van der Waals surface area contributed by atoms with Gasteiger partial charge in [-0.2, -0.15) is 0 Å². The van der Waals surface area contributed by atoms with Crippen molar-refractivity contribution in [3.8, 4) is 5.75 Å². The number of hydrogen-bond donors (Lipinski definition) is 2. The Balaban J connectivity index is 1.40. The van der Waals surface area contributed by atoms with Crippen LogP contribution in [0.2, 0.25) is 0 Å². The van der Waals surface area contributed by atoms with E-state index in [0.717, 1.165) is 32.6 Å². The van der Waals surface area contributed by atoms with Gasteiger partial charge < -0.3 is 19.9 Å². The van der Waals surface area contributed by atoms with Crippen LogP contribution in [0.15, 0.2) is 78.5 Å². The number of urea groups is 1. The van der Waals surface area contributed by atoms with Crippen molar-refractivity contribution in [2.75, 3.05) is 19.0 Å². The maximum Gasteiger partial charge on any atom is 0.329 e. The van der Waals surface area contributed by atoms with Gasteiger partial charge in [0.1, 0.15) is 18.0 Å². The third kappa shape index (κ3) is 4.99. The largest absolute Gasteiger partial charge is 0.495 e. The lowest BCUT2D eigenvalue weighted by molar-refractivity contribution is -0.384. The number of hydrogen-bond acceptors (Lipinski definition) is 6. The Morgan fingerprint density at radius 3 is 2.48 bits per heavy atom. The second-order valence-electron chi connectivity index (χ2n) is 9.15. The van der Waals surface area contributed by atoms with E-state index in [1.165, 1.54) is 19.2 Å². The number of nitro groups is 1. The van der Waals surface area contributed by atoms with Crippen molar-refractivity contribution in [3.63, 3.8) is 0 Å². The van der Waals surface area contributed by atoms with Crippen LogP contribution in [0.1, 0.15) is 16.8 Å². The number of fused-ring (bicyclic) bond motifs is 1. The molecule has 11 nitrogen and oxygen atoms in total. The number of nitrogens with zero attached hydrogens (tertiary/aromatic N) is 3. The molecule has 11 heteroatoms. The van der Waals surface area contributed by atoms with Crippen LogP contribution in [-0.2, 0) is 16.1 Å². The fourth-order valence-corrected chi connectivity index (χ4v) is 4.69. The minimum atomic E-state index is -0.696. The predicted molar refractivity (Wildman–Crippen MR) is 149 cm³/mol. The molecule has 1 aliphatic heterocycles. The van der Waals surface area contributed by atoms with E-state index in [2.05, 4.69) is 10.6 Å². The van der Waals surface area contributed by atoms with Crippen molar-refractivity contribution in [2.45, 2.75) is 13.5 Å². The molecule has 0 atom stereocenters. The monoisotopic (exact) mass is 539 g/mol. The summed E-state index contributed by atoms with van der Waals surface area (Å²) in [4.78, 5) is 49.9. The van der Waals surface area contributed by atoms with Crippen LogP contribution >= 0.6 is 0 Å². The molecule has 1 aliphatic rings. The van der Waals surface area contributed by atoms with Gasteiger partial charge in [-0.1, -0.05) is 42.5 Å². The summed E-state index contributed by atoms with van der Waals surface area (Å²) in [6, 6.07) is 20.1. The van der Waals surface area contributed by atoms with Crippen LogP contribution in [0.4, 0.5) is 16.2 Å². The molecule has 1 saturated heterocycles. The maximum absolute atomic E-state index is 13.2. The van der Waals surface area contributed by atoms with Crippen molar-refractivity contribution in [1.82, 2.24) is 14.8 Å². The lowest BCUT2D eigenvalue weighted by Gasteiger charge is -2.13. The molecule has 0 bridgehead atoms. The van der Waals surface area contributed by atoms with E-state index < -0.39 is 29.3 Å². The third-order valence-electron chi connectivity index (χ3n) is 6.70. The lowest BCUT2D eigenvalue weighted by atomic mass is 10.1. The zero-order valence-electron chi connectivity index (χ0n) is 21.7. The molecule has 4 aromatic rings. The molecule has 2 N–H and O–H groups in total. The number of rotatable bonds is 8. The summed E-state index contributed by atoms with van der Waals surface area (Å²) in [6.45, 7) is 1.88. The van der Waals surface area contributed by atoms with Gasteiger partial charge in [0.05, 0.1) is 17.7 Å². The van der Waals surface area contributed by atoms with Crippen LogP contribution in [0.25, 0.3) is 17.0 Å². The van der Waals surface area contributed by atoms with E-state index in [1.807, 2.05) is 35.8 Å². The highest BCUT2D eigenvalue weighted by Crippen LogP contribution is 2.30. The number of carbonyl (C=O) groups is 3. The SMILES string of the molecule is COc1ccccc1NC(=O)CN1C(=O)N/C(=C/c2c(C)n(Cc3ccc([N+](=O)[O-])cc3)c3ccccc23)C1=O. The number of amides is 4. The average molecular weight is 540 g/mol. The summed E-state index contributed by atoms with van der Waals surface area (Å²) in [5, 5.41) is 17.1. The van der Waals surface area contributed by atoms with Gasteiger partial charge in [0, 0.05) is 40.8 Å². The van der Waals surface area contributed by atoms with E-state index >= 15 is 0 Å². The number of aromatic nitrogens is 1. The number of anilines is 1. The lowest BCUT2D eigenvalue weighted by Crippen LogP contribution is -2.38. The molecule has 1 aromatic heterocycles. The minimum absolute atomic E-state index is 0.0138. The smallest absolute Gasteiger partial charge is 0.329 e. The Hall–Kier alpha value is -5.45. The maximum atomic E-state index is 13.2. The van der Waals surface area contributed by atoms with Gasteiger partial charge in [-0.25, -0.2) is 9.69 Å². The molecule has 202 valence electrons. The molecule has 2 heterocycles. The van der Waals surface area contributed by atoms with Crippen molar-refractivity contribution < 1.29 is 24.0 Å². The van der Waals surface area contributed by atoms with Crippen molar-refractivity contribution in [1.29, 1.82) is 0 Å². The van der Waals surface area contributed by atoms with Gasteiger partial charge >= 0.3 is 6.03 Å². The molecule has 0 spiro atoms. The Morgan fingerprint density at radius 2 is 1.75 bits per heavy atom. The summed E-state index contributed by atoms with van der Waals surface area (Å²) in [5.41, 5.74) is 3.83. The quantitative estimate of drug-likeness (QED) is 0.147. The van der Waals surface area contributed by atoms with Crippen LogP contribution in [0.3, 0.4) is 0 Å². The Labute approximate surface area is 228 Å².